The number of hydrogen-bond donors (Lipinski definition) is 1. The van der Waals surface area contributed by atoms with Crippen molar-refractivity contribution >= 4 is 16.0 Å². The van der Waals surface area contributed by atoms with Gasteiger partial charge in [-0.25, -0.2) is 8.42 Å². The molecule has 6 nitrogen and oxygen atoms in total. The molecule has 0 radical (unpaired) electrons. The summed E-state index contributed by atoms with van der Waals surface area (Å²) in [4.78, 5) is 11.1. The number of carboxylic acids is 1. The van der Waals surface area contributed by atoms with Gasteiger partial charge in [0, 0.05) is 13.1 Å². The van der Waals surface area contributed by atoms with Gasteiger partial charge in [-0.05, 0) is 44.0 Å². The van der Waals surface area contributed by atoms with Crippen LogP contribution in [0, 0.1) is 5.92 Å². The highest BCUT2D eigenvalue weighted by Gasteiger charge is 2.31. The summed E-state index contributed by atoms with van der Waals surface area (Å²) in [5.74, 6) is -0.675. The fourth-order valence-corrected chi connectivity index (χ4v) is 3.84. The molecule has 0 spiro atoms. The second-order valence-electron chi connectivity index (χ2n) is 4.92. The third-order valence-electron chi connectivity index (χ3n) is 3.58. The zero-order valence-corrected chi connectivity index (χ0v) is 12.7. The molecule has 1 aromatic rings. The molecule has 0 amide bonds. The van der Waals surface area contributed by atoms with Crippen LogP contribution in [-0.2, 0) is 14.8 Å². The van der Waals surface area contributed by atoms with Crippen molar-refractivity contribution in [2.75, 3.05) is 19.7 Å². The van der Waals surface area contributed by atoms with Crippen LogP contribution in [0.4, 0.5) is 0 Å². The second kappa shape index (κ2) is 6.44. The van der Waals surface area contributed by atoms with Crippen LogP contribution in [0.15, 0.2) is 29.2 Å². The molecule has 0 atom stereocenters. The van der Waals surface area contributed by atoms with Crippen molar-refractivity contribution in [3.63, 3.8) is 0 Å². The molecule has 7 heteroatoms. The number of hydrogen-bond acceptors (Lipinski definition) is 4. The maximum atomic E-state index is 12.5. The first-order valence-corrected chi connectivity index (χ1v) is 8.35. The van der Waals surface area contributed by atoms with E-state index in [1.165, 1.54) is 16.4 Å². The van der Waals surface area contributed by atoms with Crippen molar-refractivity contribution in [1.82, 2.24) is 4.31 Å². The lowest BCUT2D eigenvalue weighted by atomic mass is 9.99. The van der Waals surface area contributed by atoms with Crippen molar-refractivity contribution in [2.45, 2.75) is 24.7 Å². The summed E-state index contributed by atoms with van der Waals surface area (Å²) >= 11 is 0. The SMILES string of the molecule is CCOc1ccc(S(=O)(=O)N2CCC(C(=O)O)CC2)cc1. The van der Waals surface area contributed by atoms with Gasteiger partial charge in [-0.15, -0.1) is 0 Å². The summed E-state index contributed by atoms with van der Waals surface area (Å²) in [5.41, 5.74) is 0. The van der Waals surface area contributed by atoms with Crippen LogP contribution in [-0.4, -0.2) is 43.5 Å². The quantitative estimate of drug-likeness (QED) is 0.892. The number of piperidine rings is 1. The number of benzene rings is 1. The average Bonchev–Trinajstić information content (AvgIpc) is 2.48. The van der Waals surface area contributed by atoms with Gasteiger partial charge in [-0.1, -0.05) is 0 Å². The normalized spacial score (nSPS) is 17.6. The first-order chi connectivity index (χ1) is 9.95. The zero-order valence-electron chi connectivity index (χ0n) is 11.9. The Balaban J connectivity index is 2.10. The molecular weight excluding hydrogens is 294 g/mol. The summed E-state index contributed by atoms with van der Waals surface area (Å²) < 4.78 is 31.6. The standard InChI is InChI=1S/C14H19NO5S/c1-2-20-12-3-5-13(6-4-12)21(18,19)15-9-7-11(8-10-15)14(16)17/h3-6,11H,2,7-10H2,1H3,(H,16,17). The maximum Gasteiger partial charge on any atom is 0.306 e. The van der Waals surface area contributed by atoms with Gasteiger partial charge in [0.25, 0.3) is 0 Å². The Hall–Kier alpha value is -1.60. The van der Waals surface area contributed by atoms with Crippen LogP contribution in [0.5, 0.6) is 5.75 Å². The van der Waals surface area contributed by atoms with Crippen LogP contribution in [0.25, 0.3) is 0 Å². The van der Waals surface area contributed by atoms with E-state index in [0.717, 1.165) is 0 Å². The minimum Gasteiger partial charge on any atom is -0.494 e. The lowest BCUT2D eigenvalue weighted by molar-refractivity contribution is -0.142. The monoisotopic (exact) mass is 313 g/mol. The number of sulfonamides is 1. The van der Waals surface area contributed by atoms with Crippen molar-refractivity contribution in [3.05, 3.63) is 24.3 Å². The summed E-state index contributed by atoms with van der Waals surface area (Å²) in [5, 5.41) is 8.94. The molecule has 116 valence electrons. The number of rotatable bonds is 5. The van der Waals surface area contributed by atoms with E-state index in [0.29, 0.717) is 25.2 Å². The molecule has 0 aliphatic carbocycles. The van der Waals surface area contributed by atoms with Gasteiger partial charge in [0.05, 0.1) is 17.4 Å². The van der Waals surface area contributed by atoms with Gasteiger partial charge in [0.15, 0.2) is 0 Å². The number of carbonyl (C=O) groups is 1. The first kappa shape index (κ1) is 15.8. The highest BCUT2D eigenvalue weighted by Crippen LogP contribution is 2.25. The third-order valence-corrected chi connectivity index (χ3v) is 5.49. The van der Waals surface area contributed by atoms with E-state index in [1.54, 1.807) is 12.1 Å². The lowest BCUT2D eigenvalue weighted by Gasteiger charge is -2.29. The van der Waals surface area contributed by atoms with Gasteiger partial charge in [-0.2, -0.15) is 4.31 Å². The van der Waals surface area contributed by atoms with Crippen molar-refractivity contribution in [2.24, 2.45) is 5.92 Å². The second-order valence-corrected chi connectivity index (χ2v) is 6.86. The maximum absolute atomic E-state index is 12.5. The predicted octanol–water partition coefficient (Wildman–Crippen LogP) is 1.57. The Labute approximate surface area is 124 Å². The highest BCUT2D eigenvalue weighted by molar-refractivity contribution is 7.89. The molecule has 0 unspecified atom stereocenters. The van der Waals surface area contributed by atoms with E-state index in [9.17, 15) is 13.2 Å². The molecule has 1 aromatic carbocycles. The third kappa shape index (κ3) is 3.54. The zero-order chi connectivity index (χ0) is 15.5. The smallest absolute Gasteiger partial charge is 0.306 e. The molecule has 1 fully saturated rings. The number of carboxylic acid groups (broad SMARTS) is 1. The Morgan fingerprint density at radius 3 is 2.33 bits per heavy atom. The van der Waals surface area contributed by atoms with Crippen LogP contribution in [0.1, 0.15) is 19.8 Å². The first-order valence-electron chi connectivity index (χ1n) is 6.91. The molecule has 0 saturated carbocycles. The van der Waals surface area contributed by atoms with Gasteiger partial charge in [-0.3, -0.25) is 4.79 Å². The molecule has 0 bridgehead atoms. The van der Waals surface area contributed by atoms with Gasteiger partial charge < -0.3 is 9.84 Å². The highest BCUT2D eigenvalue weighted by atomic mass is 32.2. The average molecular weight is 313 g/mol. The molecule has 0 aromatic heterocycles. The summed E-state index contributed by atoms with van der Waals surface area (Å²) in [7, 11) is -3.56. The summed E-state index contributed by atoms with van der Waals surface area (Å²) in [6.45, 7) is 2.87. The van der Waals surface area contributed by atoms with E-state index >= 15 is 0 Å². The van der Waals surface area contributed by atoms with E-state index in [2.05, 4.69) is 0 Å². The van der Waals surface area contributed by atoms with E-state index < -0.39 is 21.9 Å². The fraction of sp³-hybridized carbons (Fsp3) is 0.500. The number of ether oxygens (including phenoxy) is 1. The van der Waals surface area contributed by atoms with Crippen LogP contribution < -0.4 is 4.74 Å². The van der Waals surface area contributed by atoms with E-state index in [1.807, 2.05) is 6.92 Å². The van der Waals surface area contributed by atoms with Crippen molar-refractivity contribution in [3.8, 4) is 5.75 Å². The Kier molecular flexibility index (Phi) is 4.84. The topological polar surface area (TPSA) is 83.9 Å². The molecule has 1 aliphatic heterocycles. The largest absolute Gasteiger partial charge is 0.494 e. The minimum absolute atomic E-state index is 0.208. The van der Waals surface area contributed by atoms with Crippen molar-refractivity contribution < 1.29 is 23.1 Å². The van der Waals surface area contributed by atoms with Crippen LogP contribution in [0.2, 0.25) is 0 Å². The molecule has 21 heavy (non-hydrogen) atoms. The van der Waals surface area contributed by atoms with Crippen LogP contribution in [0.3, 0.4) is 0 Å². The predicted molar refractivity (Wildman–Crippen MR) is 76.7 cm³/mol. The number of nitrogens with zero attached hydrogens (tertiary/aromatic N) is 1. The van der Waals surface area contributed by atoms with Gasteiger partial charge in [0.2, 0.25) is 10.0 Å². The van der Waals surface area contributed by atoms with Crippen molar-refractivity contribution in [1.29, 1.82) is 0 Å². The minimum atomic E-state index is -3.56. The fourth-order valence-electron chi connectivity index (χ4n) is 2.37. The summed E-state index contributed by atoms with van der Waals surface area (Å²) in [6.07, 6.45) is 0.706. The molecule has 1 aliphatic rings. The Bertz CT molecular complexity index is 588. The van der Waals surface area contributed by atoms with E-state index in [4.69, 9.17) is 9.84 Å². The summed E-state index contributed by atoms with van der Waals surface area (Å²) in [6, 6.07) is 6.29. The van der Waals surface area contributed by atoms with Crippen LogP contribution >= 0.6 is 0 Å². The van der Waals surface area contributed by atoms with Gasteiger partial charge >= 0.3 is 5.97 Å². The van der Waals surface area contributed by atoms with Gasteiger partial charge in [0.1, 0.15) is 5.75 Å². The Morgan fingerprint density at radius 2 is 1.86 bits per heavy atom. The molecule has 1 N–H and O–H groups in total. The van der Waals surface area contributed by atoms with E-state index in [-0.39, 0.29) is 18.0 Å². The molecule has 1 saturated heterocycles. The lowest BCUT2D eigenvalue weighted by Crippen LogP contribution is -2.40. The molecule has 2 rings (SSSR count). The molecular formula is C14H19NO5S. The number of aliphatic carboxylic acids is 1. The molecule has 1 heterocycles. The Morgan fingerprint density at radius 1 is 1.29 bits per heavy atom.